The van der Waals surface area contributed by atoms with Crippen molar-refractivity contribution in [2.45, 2.75) is 57.7 Å². The smallest absolute Gasteiger partial charge is 0.458 e. The molecule has 0 amide bonds. The van der Waals surface area contributed by atoms with Crippen molar-refractivity contribution in [2.75, 3.05) is 0 Å². The molecule has 1 unspecified atom stereocenters. The first-order valence-corrected chi connectivity index (χ1v) is 9.03. The maximum absolute atomic E-state index is 13.6. The second kappa shape index (κ2) is 7.92. The molecule has 1 saturated carbocycles. The zero-order valence-corrected chi connectivity index (χ0v) is 16.4. The van der Waals surface area contributed by atoms with Crippen molar-refractivity contribution in [3.05, 3.63) is 39.4 Å². The molecule has 0 saturated heterocycles. The van der Waals surface area contributed by atoms with Gasteiger partial charge in [0.1, 0.15) is 11.5 Å². The number of nitro groups is 1. The van der Waals surface area contributed by atoms with Crippen LogP contribution in [0, 0.1) is 22.0 Å². The number of nitro benzene ring substituents is 1. The molecule has 0 heterocycles. The maximum Gasteiger partial charge on any atom is 0.458 e. The highest BCUT2D eigenvalue weighted by Gasteiger charge is 2.59. The van der Waals surface area contributed by atoms with Crippen LogP contribution in [0.2, 0.25) is 0 Å². The first kappa shape index (κ1) is 23.7. The number of rotatable bonds is 7. The standard InChI is InChI=1S/C19H20F5NO5/c1-17(2,3)30-16(27)13(15(26)10-4-5-10)8-11-6-7-12(9-14(11)25(28)29)18(20,21)19(22,23)24/h6-7,9-10,13H,4-5,8H2,1-3H3. The van der Waals surface area contributed by atoms with Crippen LogP contribution in [-0.4, -0.2) is 28.5 Å². The normalized spacial score (nSPS) is 16.1. The summed E-state index contributed by atoms with van der Waals surface area (Å²) in [5.74, 6) is -8.56. The number of Topliss-reactive ketones (excluding diaryl/α,β-unsaturated/α-hetero) is 1. The predicted molar refractivity (Wildman–Crippen MR) is 93.8 cm³/mol. The molecular formula is C19H20F5NO5. The summed E-state index contributed by atoms with van der Waals surface area (Å²) < 4.78 is 70.2. The monoisotopic (exact) mass is 437 g/mol. The van der Waals surface area contributed by atoms with Crippen LogP contribution in [0.25, 0.3) is 0 Å². The van der Waals surface area contributed by atoms with E-state index in [1.165, 1.54) is 0 Å². The Labute approximate surface area is 168 Å². The van der Waals surface area contributed by atoms with E-state index in [9.17, 15) is 41.7 Å². The molecule has 166 valence electrons. The lowest BCUT2D eigenvalue weighted by molar-refractivity contribution is -0.385. The van der Waals surface area contributed by atoms with Crippen molar-refractivity contribution in [1.82, 2.24) is 0 Å². The molecule has 0 spiro atoms. The third-order valence-corrected chi connectivity index (χ3v) is 4.44. The number of esters is 1. The van der Waals surface area contributed by atoms with E-state index in [1.54, 1.807) is 20.8 Å². The molecule has 11 heteroatoms. The molecular weight excluding hydrogens is 417 g/mol. The summed E-state index contributed by atoms with van der Waals surface area (Å²) in [6, 6.07) is 1.24. The van der Waals surface area contributed by atoms with E-state index in [-0.39, 0.29) is 11.6 Å². The van der Waals surface area contributed by atoms with Crippen molar-refractivity contribution in [3.8, 4) is 0 Å². The molecule has 6 nitrogen and oxygen atoms in total. The van der Waals surface area contributed by atoms with E-state index in [2.05, 4.69) is 0 Å². The van der Waals surface area contributed by atoms with Crippen molar-refractivity contribution in [3.63, 3.8) is 0 Å². The molecule has 0 radical (unpaired) electrons. The molecule has 1 aromatic rings. The summed E-state index contributed by atoms with van der Waals surface area (Å²) in [6.07, 6.45) is -5.41. The van der Waals surface area contributed by atoms with Gasteiger partial charge in [-0.25, -0.2) is 0 Å². The zero-order chi connectivity index (χ0) is 23.1. The van der Waals surface area contributed by atoms with Crippen LogP contribution in [0.15, 0.2) is 18.2 Å². The Morgan fingerprint density at radius 2 is 1.73 bits per heavy atom. The Morgan fingerprint density at radius 1 is 1.17 bits per heavy atom. The highest BCUT2D eigenvalue weighted by atomic mass is 19.4. The van der Waals surface area contributed by atoms with Gasteiger partial charge in [0.05, 0.1) is 4.92 Å². The molecule has 1 fully saturated rings. The van der Waals surface area contributed by atoms with E-state index in [0.29, 0.717) is 25.0 Å². The molecule has 30 heavy (non-hydrogen) atoms. The van der Waals surface area contributed by atoms with Gasteiger partial charge in [-0.3, -0.25) is 19.7 Å². The van der Waals surface area contributed by atoms with Crippen LogP contribution in [-0.2, 0) is 26.7 Å². The Kier molecular flexibility index (Phi) is 6.25. The van der Waals surface area contributed by atoms with Crippen LogP contribution >= 0.6 is 0 Å². The van der Waals surface area contributed by atoms with Crippen LogP contribution in [0.5, 0.6) is 0 Å². The fraction of sp³-hybridized carbons (Fsp3) is 0.579. The third-order valence-electron chi connectivity index (χ3n) is 4.44. The van der Waals surface area contributed by atoms with Crippen molar-refractivity contribution >= 4 is 17.4 Å². The Hall–Kier alpha value is -2.59. The van der Waals surface area contributed by atoms with Gasteiger partial charge in [0.25, 0.3) is 5.69 Å². The number of ketones is 1. The highest BCUT2D eigenvalue weighted by molar-refractivity contribution is 6.01. The number of carbonyl (C=O) groups excluding carboxylic acids is 2. The third kappa shape index (κ3) is 5.31. The fourth-order valence-corrected chi connectivity index (χ4v) is 2.81. The number of hydrogen-bond acceptors (Lipinski definition) is 5. The van der Waals surface area contributed by atoms with Crippen LogP contribution < -0.4 is 0 Å². The van der Waals surface area contributed by atoms with E-state index < -0.39 is 63.9 Å². The molecule has 0 aliphatic heterocycles. The summed E-state index contributed by atoms with van der Waals surface area (Å²) in [5.41, 5.74) is -3.91. The number of nitrogens with zero attached hydrogens (tertiary/aromatic N) is 1. The number of alkyl halides is 5. The van der Waals surface area contributed by atoms with Gasteiger partial charge in [0.2, 0.25) is 0 Å². The Bertz CT molecular complexity index is 856. The molecule has 0 bridgehead atoms. The number of carbonyl (C=O) groups is 2. The minimum atomic E-state index is -5.94. The Morgan fingerprint density at radius 3 is 2.17 bits per heavy atom. The lowest BCUT2D eigenvalue weighted by Crippen LogP contribution is -2.35. The minimum Gasteiger partial charge on any atom is -0.459 e. The highest BCUT2D eigenvalue weighted by Crippen LogP contribution is 2.45. The summed E-state index contributed by atoms with van der Waals surface area (Å²) >= 11 is 0. The van der Waals surface area contributed by atoms with E-state index >= 15 is 0 Å². The van der Waals surface area contributed by atoms with Gasteiger partial charge >= 0.3 is 18.1 Å². The lowest BCUT2D eigenvalue weighted by atomic mass is 9.90. The van der Waals surface area contributed by atoms with Crippen molar-refractivity contribution in [2.24, 2.45) is 11.8 Å². The molecule has 1 atom stereocenters. The van der Waals surface area contributed by atoms with Gasteiger partial charge in [0, 0.05) is 23.1 Å². The van der Waals surface area contributed by atoms with Gasteiger partial charge in [-0.15, -0.1) is 0 Å². The molecule has 1 aliphatic rings. The zero-order valence-electron chi connectivity index (χ0n) is 16.4. The number of hydrogen-bond donors (Lipinski definition) is 0. The summed E-state index contributed by atoms with van der Waals surface area (Å²) in [4.78, 5) is 35.2. The quantitative estimate of drug-likeness (QED) is 0.202. The van der Waals surface area contributed by atoms with E-state index in [0.717, 1.165) is 0 Å². The summed E-state index contributed by atoms with van der Waals surface area (Å²) in [5, 5.41) is 11.3. The molecule has 1 aliphatic carbocycles. The van der Waals surface area contributed by atoms with Crippen LogP contribution in [0.4, 0.5) is 27.6 Å². The average molecular weight is 437 g/mol. The first-order chi connectivity index (χ1) is 13.5. The Balaban J connectivity index is 2.43. The minimum absolute atomic E-state index is 0.122. The second-order valence-corrected chi connectivity index (χ2v) is 8.14. The number of benzene rings is 1. The second-order valence-electron chi connectivity index (χ2n) is 8.14. The van der Waals surface area contributed by atoms with Gasteiger partial charge in [-0.2, -0.15) is 22.0 Å². The average Bonchev–Trinajstić information content (AvgIpc) is 3.41. The molecule has 1 aromatic carbocycles. The fourth-order valence-electron chi connectivity index (χ4n) is 2.81. The number of ether oxygens (including phenoxy) is 1. The molecule has 2 rings (SSSR count). The molecule has 0 N–H and O–H groups in total. The van der Waals surface area contributed by atoms with Gasteiger partial charge < -0.3 is 4.74 Å². The first-order valence-electron chi connectivity index (χ1n) is 9.03. The van der Waals surface area contributed by atoms with E-state index in [1.807, 2.05) is 0 Å². The van der Waals surface area contributed by atoms with Gasteiger partial charge in [-0.05, 0) is 40.0 Å². The largest absolute Gasteiger partial charge is 0.459 e. The summed E-state index contributed by atoms with van der Waals surface area (Å²) in [7, 11) is 0. The lowest BCUT2D eigenvalue weighted by Gasteiger charge is -2.24. The number of halogens is 5. The van der Waals surface area contributed by atoms with Gasteiger partial charge in [0.15, 0.2) is 5.78 Å². The predicted octanol–water partition coefficient (Wildman–Crippen LogP) is 4.73. The SMILES string of the molecule is CC(C)(C)OC(=O)C(Cc1ccc(C(F)(F)C(F)(F)F)cc1[N+](=O)[O-])C(=O)C1CC1. The van der Waals surface area contributed by atoms with Crippen LogP contribution in [0.3, 0.4) is 0 Å². The van der Waals surface area contributed by atoms with Gasteiger partial charge in [-0.1, -0.05) is 12.1 Å². The topological polar surface area (TPSA) is 86.5 Å². The van der Waals surface area contributed by atoms with E-state index in [4.69, 9.17) is 4.74 Å². The van der Waals surface area contributed by atoms with Crippen molar-refractivity contribution in [1.29, 1.82) is 0 Å². The molecule has 0 aromatic heterocycles. The van der Waals surface area contributed by atoms with Crippen LogP contribution in [0.1, 0.15) is 44.7 Å². The maximum atomic E-state index is 13.6. The van der Waals surface area contributed by atoms with Crippen molar-refractivity contribution < 1.29 is 41.2 Å². The summed E-state index contributed by atoms with van der Waals surface area (Å²) in [6.45, 7) is 4.67.